The predicted molar refractivity (Wildman–Crippen MR) is 54.7 cm³/mol. The summed E-state index contributed by atoms with van der Waals surface area (Å²) in [6.45, 7) is 3.49. The fourth-order valence-corrected chi connectivity index (χ4v) is 2.03. The number of likely N-dealkylation sites (tertiary alicyclic amines) is 1. The van der Waals surface area contributed by atoms with Crippen molar-refractivity contribution >= 4 is 5.91 Å². The summed E-state index contributed by atoms with van der Waals surface area (Å²) in [5.41, 5.74) is 5.30. The maximum atomic E-state index is 11.3. The van der Waals surface area contributed by atoms with Crippen LogP contribution in [0.2, 0.25) is 0 Å². The summed E-state index contributed by atoms with van der Waals surface area (Å²) >= 11 is 0. The molecule has 0 aromatic rings. The van der Waals surface area contributed by atoms with Gasteiger partial charge >= 0.3 is 0 Å². The zero-order valence-electron chi connectivity index (χ0n) is 8.78. The maximum Gasteiger partial charge on any atom is 0.236 e. The molecule has 1 heterocycles. The molecule has 1 fully saturated rings. The van der Waals surface area contributed by atoms with Crippen LogP contribution in [0.3, 0.4) is 0 Å². The van der Waals surface area contributed by atoms with E-state index in [1.807, 2.05) is 0 Å². The quantitative estimate of drug-likeness (QED) is 0.671. The van der Waals surface area contributed by atoms with E-state index in [1.165, 1.54) is 0 Å². The standard InChI is InChI=1S/C10H20N2O2/c1-2-3-8-7-12(10(14)6-11)5-4-9(8)13/h8-9,13H,2-7,11H2,1H3. The lowest BCUT2D eigenvalue weighted by molar-refractivity contribution is -0.133. The molecular formula is C10H20N2O2. The van der Waals surface area contributed by atoms with Gasteiger partial charge in [-0.2, -0.15) is 0 Å². The largest absolute Gasteiger partial charge is 0.393 e. The van der Waals surface area contributed by atoms with Gasteiger partial charge in [0.2, 0.25) is 5.91 Å². The number of amides is 1. The van der Waals surface area contributed by atoms with E-state index in [2.05, 4.69) is 6.92 Å². The Kier molecular flexibility index (Phi) is 4.35. The number of nitrogens with zero attached hydrogens (tertiary/aromatic N) is 1. The molecule has 0 aromatic heterocycles. The van der Waals surface area contributed by atoms with E-state index in [0.717, 1.165) is 12.8 Å². The fourth-order valence-electron chi connectivity index (χ4n) is 2.03. The molecule has 0 radical (unpaired) electrons. The number of rotatable bonds is 3. The molecule has 1 saturated heterocycles. The first kappa shape index (κ1) is 11.5. The monoisotopic (exact) mass is 200 g/mol. The number of aliphatic hydroxyl groups excluding tert-OH is 1. The first-order valence-corrected chi connectivity index (χ1v) is 5.35. The molecule has 1 amide bonds. The van der Waals surface area contributed by atoms with Crippen molar-refractivity contribution in [2.45, 2.75) is 32.3 Å². The smallest absolute Gasteiger partial charge is 0.236 e. The minimum atomic E-state index is -0.239. The molecule has 1 aliphatic heterocycles. The summed E-state index contributed by atoms with van der Waals surface area (Å²) in [7, 11) is 0. The van der Waals surface area contributed by atoms with Gasteiger partial charge in [0.05, 0.1) is 12.6 Å². The Hall–Kier alpha value is -0.610. The molecule has 2 unspecified atom stereocenters. The molecule has 1 aliphatic rings. The number of hydrogen-bond donors (Lipinski definition) is 2. The van der Waals surface area contributed by atoms with Gasteiger partial charge in [0.1, 0.15) is 0 Å². The van der Waals surface area contributed by atoms with E-state index >= 15 is 0 Å². The van der Waals surface area contributed by atoms with Crippen LogP contribution >= 0.6 is 0 Å². The number of carbonyl (C=O) groups is 1. The fraction of sp³-hybridized carbons (Fsp3) is 0.900. The molecule has 0 spiro atoms. The van der Waals surface area contributed by atoms with Gasteiger partial charge in [-0.25, -0.2) is 0 Å². The number of carbonyl (C=O) groups excluding carboxylic acids is 1. The molecule has 1 rings (SSSR count). The Morgan fingerprint density at radius 1 is 1.64 bits per heavy atom. The Morgan fingerprint density at radius 2 is 2.36 bits per heavy atom. The third-order valence-electron chi connectivity index (χ3n) is 2.88. The molecule has 4 heteroatoms. The van der Waals surface area contributed by atoms with Crippen LogP contribution in [-0.2, 0) is 4.79 Å². The van der Waals surface area contributed by atoms with Crippen LogP contribution in [0.4, 0.5) is 0 Å². The van der Waals surface area contributed by atoms with E-state index < -0.39 is 0 Å². The Bertz CT molecular complexity index is 197. The zero-order valence-corrected chi connectivity index (χ0v) is 8.78. The average molecular weight is 200 g/mol. The van der Waals surface area contributed by atoms with Crippen LogP contribution in [-0.4, -0.2) is 41.7 Å². The minimum Gasteiger partial charge on any atom is -0.393 e. The second kappa shape index (κ2) is 5.32. The van der Waals surface area contributed by atoms with E-state index in [-0.39, 0.29) is 24.5 Å². The van der Waals surface area contributed by atoms with Crippen molar-refractivity contribution in [1.82, 2.24) is 4.90 Å². The Balaban J connectivity index is 2.48. The van der Waals surface area contributed by atoms with Gasteiger partial charge in [0.25, 0.3) is 0 Å². The van der Waals surface area contributed by atoms with Crippen molar-refractivity contribution in [2.75, 3.05) is 19.6 Å². The van der Waals surface area contributed by atoms with E-state index in [1.54, 1.807) is 4.90 Å². The summed E-state index contributed by atoms with van der Waals surface area (Å²) in [5.74, 6) is 0.238. The van der Waals surface area contributed by atoms with E-state index in [4.69, 9.17) is 5.73 Å². The third kappa shape index (κ3) is 2.69. The highest BCUT2D eigenvalue weighted by Crippen LogP contribution is 2.21. The molecule has 3 N–H and O–H groups in total. The van der Waals surface area contributed by atoms with Crippen molar-refractivity contribution in [3.05, 3.63) is 0 Å². The highest BCUT2D eigenvalue weighted by atomic mass is 16.3. The summed E-state index contributed by atoms with van der Waals surface area (Å²) in [6.07, 6.45) is 2.48. The van der Waals surface area contributed by atoms with Gasteiger partial charge < -0.3 is 15.7 Å². The minimum absolute atomic E-state index is 0.00185. The molecule has 0 saturated carbocycles. The normalized spacial score (nSPS) is 27.8. The Morgan fingerprint density at radius 3 is 2.93 bits per heavy atom. The molecule has 4 nitrogen and oxygen atoms in total. The number of aliphatic hydroxyl groups is 1. The first-order valence-electron chi connectivity index (χ1n) is 5.35. The van der Waals surface area contributed by atoms with Crippen molar-refractivity contribution in [1.29, 1.82) is 0 Å². The number of hydrogen-bond acceptors (Lipinski definition) is 3. The lowest BCUT2D eigenvalue weighted by atomic mass is 9.91. The topological polar surface area (TPSA) is 66.6 Å². The maximum absolute atomic E-state index is 11.3. The summed E-state index contributed by atoms with van der Waals surface area (Å²) < 4.78 is 0. The van der Waals surface area contributed by atoms with Gasteiger partial charge in [0, 0.05) is 19.0 Å². The first-order chi connectivity index (χ1) is 6.69. The van der Waals surface area contributed by atoms with Gasteiger partial charge in [-0.3, -0.25) is 4.79 Å². The molecule has 0 aromatic carbocycles. The Labute approximate surface area is 85.1 Å². The van der Waals surface area contributed by atoms with Crippen LogP contribution in [0.15, 0.2) is 0 Å². The van der Waals surface area contributed by atoms with Gasteiger partial charge in [-0.05, 0) is 12.8 Å². The zero-order chi connectivity index (χ0) is 10.6. The summed E-state index contributed by atoms with van der Waals surface area (Å²) in [4.78, 5) is 13.1. The van der Waals surface area contributed by atoms with E-state index in [9.17, 15) is 9.90 Å². The predicted octanol–water partition coefficient (Wildman–Crippen LogP) is -0.0454. The molecule has 14 heavy (non-hydrogen) atoms. The van der Waals surface area contributed by atoms with E-state index in [0.29, 0.717) is 19.5 Å². The summed E-state index contributed by atoms with van der Waals surface area (Å²) in [5, 5.41) is 9.70. The number of piperidine rings is 1. The van der Waals surface area contributed by atoms with Crippen LogP contribution in [0.5, 0.6) is 0 Å². The average Bonchev–Trinajstić information content (AvgIpc) is 2.20. The lowest BCUT2D eigenvalue weighted by Crippen LogP contribution is -2.47. The van der Waals surface area contributed by atoms with Crippen LogP contribution in [0, 0.1) is 5.92 Å². The van der Waals surface area contributed by atoms with Crippen molar-refractivity contribution in [2.24, 2.45) is 11.7 Å². The van der Waals surface area contributed by atoms with Gasteiger partial charge in [0.15, 0.2) is 0 Å². The van der Waals surface area contributed by atoms with Crippen LogP contribution in [0.1, 0.15) is 26.2 Å². The molecular weight excluding hydrogens is 180 g/mol. The molecule has 2 atom stereocenters. The summed E-state index contributed by atoms with van der Waals surface area (Å²) in [6, 6.07) is 0. The lowest BCUT2D eigenvalue weighted by Gasteiger charge is -2.36. The molecule has 82 valence electrons. The van der Waals surface area contributed by atoms with Crippen molar-refractivity contribution in [3.8, 4) is 0 Å². The third-order valence-corrected chi connectivity index (χ3v) is 2.88. The molecule has 0 bridgehead atoms. The van der Waals surface area contributed by atoms with Crippen molar-refractivity contribution in [3.63, 3.8) is 0 Å². The SMILES string of the molecule is CCCC1CN(C(=O)CN)CCC1O. The molecule has 0 aliphatic carbocycles. The van der Waals surface area contributed by atoms with Gasteiger partial charge in [-0.15, -0.1) is 0 Å². The highest BCUT2D eigenvalue weighted by Gasteiger charge is 2.28. The van der Waals surface area contributed by atoms with Crippen molar-refractivity contribution < 1.29 is 9.90 Å². The van der Waals surface area contributed by atoms with Crippen LogP contribution < -0.4 is 5.73 Å². The van der Waals surface area contributed by atoms with Gasteiger partial charge in [-0.1, -0.05) is 13.3 Å². The number of nitrogens with two attached hydrogens (primary N) is 1. The highest BCUT2D eigenvalue weighted by molar-refractivity contribution is 5.78. The van der Waals surface area contributed by atoms with Crippen LogP contribution in [0.25, 0.3) is 0 Å². The second-order valence-corrected chi connectivity index (χ2v) is 3.95. The second-order valence-electron chi connectivity index (χ2n) is 3.95.